The molecule has 7 aromatic rings. The average molecular weight is 511 g/mol. The van der Waals surface area contributed by atoms with Crippen molar-refractivity contribution in [1.82, 2.24) is 0 Å². The van der Waals surface area contributed by atoms with Crippen molar-refractivity contribution in [3.63, 3.8) is 0 Å². The Morgan fingerprint density at radius 2 is 0.850 bits per heavy atom. The van der Waals surface area contributed by atoms with Gasteiger partial charge in [-0.1, -0.05) is 66.7 Å². The maximum absolute atomic E-state index is 2.48. The molecule has 4 heterocycles. The maximum Gasteiger partial charge on any atom is 0.259 e. The molecule has 0 saturated carbocycles. The van der Waals surface area contributed by atoms with E-state index >= 15 is 0 Å². The minimum atomic E-state index is 0.882. The van der Waals surface area contributed by atoms with Crippen molar-refractivity contribution < 1.29 is 9.13 Å². The second-order valence-corrected chi connectivity index (χ2v) is 11.0. The first-order valence-electron chi connectivity index (χ1n) is 14.0. The van der Waals surface area contributed by atoms with Crippen LogP contribution in [0.2, 0.25) is 0 Å². The molecular weight excluding hydrogens is 484 g/mol. The minimum Gasteiger partial charge on any atom is -0.158 e. The van der Waals surface area contributed by atoms with Gasteiger partial charge in [0.1, 0.15) is 0 Å². The van der Waals surface area contributed by atoms with Crippen molar-refractivity contribution in [2.45, 2.75) is 12.8 Å². The molecule has 2 heteroatoms. The molecule has 2 aromatic heterocycles. The summed E-state index contributed by atoms with van der Waals surface area (Å²) in [5.41, 5.74) is 10.6. The van der Waals surface area contributed by atoms with Crippen LogP contribution in [0.25, 0.3) is 66.2 Å². The van der Waals surface area contributed by atoms with Crippen LogP contribution in [0.4, 0.5) is 0 Å². The van der Waals surface area contributed by atoms with Gasteiger partial charge in [0.05, 0.1) is 24.0 Å². The summed E-state index contributed by atoms with van der Waals surface area (Å²) in [5, 5.41) is 7.95. The largest absolute Gasteiger partial charge is 0.259 e. The average Bonchev–Trinajstić information content (AvgIpc) is 3.03. The fraction of sp³-hybridized carbons (Fsp3) is 0.0526. The van der Waals surface area contributed by atoms with Gasteiger partial charge in [0.2, 0.25) is 11.4 Å². The lowest BCUT2D eigenvalue weighted by Gasteiger charge is -2.21. The zero-order valence-corrected chi connectivity index (χ0v) is 22.0. The normalized spacial score (nSPS) is 15.5. The standard InChI is InChI=1S/C38H26N2/c1-2-12-27-25(11-1)22-37(39-19-9-7-17-35(27)39)38-23-26-21-33-30-15-5-3-13-28(30)29-14-4-6-16-31(29)34(33)24-32(26)36-18-8-10-20-40(36)38/h1-21,24H,22-23H2/q+2/b38-37+. The van der Waals surface area contributed by atoms with Crippen LogP contribution in [0.1, 0.15) is 11.1 Å². The molecule has 0 atom stereocenters. The van der Waals surface area contributed by atoms with Crippen LogP contribution in [0.3, 0.4) is 0 Å². The molecule has 9 rings (SSSR count). The maximum atomic E-state index is 2.48. The van der Waals surface area contributed by atoms with Gasteiger partial charge < -0.3 is 0 Å². The lowest BCUT2D eigenvalue weighted by molar-refractivity contribution is -0.602. The highest BCUT2D eigenvalue weighted by molar-refractivity contribution is 6.26. The predicted octanol–water partition coefficient (Wildman–Crippen LogP) is 7.99. The predicted molar refractivity (Wildman–Crippen MR) is 163 cm³/mol. The molecule has 40 heavy (non-hydrogen) atoms. The first kappa shape index (κ1) is 21.8. The second kappa shape index (κ2) is 8.21. The van der Waals surface area contributed by atoms with E-state index in [0.717, 1.165) is 12.8 Å². The number of hydrogen-bond donors (Lipinski definition) is 0. The molecule has 0 fully saturated rings. The van der Waals surface area contributed by atoms with Crippen molar-refractivity contribution in [3.8, 4) is 22.5 Å². The van der Waals surface area contributed by atoms with E-state index in [1.54, 1.807) is 0 Å². The Hall–Kier alpha value is -5.08. The lowest BCUT2D eigenvalue weighted by Crippen LogP contribution is -2.47. The molecule has 2 aliphatic rings. The molecular formula is C38H26N2+2. The van der Waals surface area contributed by atoms with Gasteiger partial charge in [0, 0.05) is 24.3 Å². The van der Waals surface area contributed by atoms with Gasteiger partial charge in [-0.3, -0.25) is 0 Å². The summed E-state index contributed by atoms with van der Waals surface area (Å²) in [7, 11) is 0. The fourth-order valence-electron chi connectivity index (χ4n) is 7.11. The van der Waals surface area contributed by atoms with Gasteiger partial charge in [0.25, 0.3) is 11.4 Å². The number of fused-ring (bicyclic) bond motifs is 12. The Balaban J connectivity index is 1.36. The summed E-state index contributed by atoms with van der Waals surface area (Å²) in [6.07, 6.45) is 6.26. The van der Waals surface area contributed by atoms with Crippen LogP contribution in [0.5, 0.6) is 0 Å². The minimum absolute atomic E-state index is 0.882. The molecule has 0 bridgehead atoms. The summed E-state index contributed by atoms with van der Waals surface area (Å²) in [5.74, 6) is 0. The number of pyridine rings is 2. The summed E-state index contributed by atoms with van der Waals surface area (Å²) in [6.45, 7) is 0. The highest BCUT2D eigenvalue weighted by Gasteiger charge is 2.38. The molecule has 2 aliphatic heterocycles. The van der Waals surface area contributed by atoms with Crippen molar-refractivity contribution in [3.05, 3.63) is 145 Å². The summed E-state index contributed by atoms with van der Waals surface area (Å²) >= 11 is 0. The molecule has 5 aromatic carbocycles. The highest BCUT2D eigenvalue weighted by Crippen LogP contribution is 2.41. The van der Waals surface area contributed by atoms with Crippen LogP contribution in [-0.4, -0.2) is 0 Å². The van der Waals surface area contributed by atoms with Crippen molar-refractivity contribution in [2.24, 2.45) is 0 Å². The first-order chi connectivity index (χ1) is 19.8. The van der Waals surface area contributed by atoms with Crippen LogP contribution < -0.4 is 9.13 Å². The number of nitrogens with zero attached hydrogens (tertiary/aromatic N) is 2. The molecule has 186 valence electrons. The topological polar surface area (TPSA) is 7.76 Å². The first-order valence-corrected chi connectivity index (χ1v) is 14.0. The van der Waals surface area contributed by atoms with Crippen LogP contribution in [-0.2, 0) is 12.8 Å². The zero-order valence-electron chi connectivity index (χ0n) is 22.0. The third-order valence-corrected chi connectivity index (χ3v) is 8.89. The molecule has 2 nitrogen and oxygen atoms in total. The molecule has 0 unspecified atom stereocenters. The Bertz CT molecular complexity index is 2220. The van der Waals surface area contributed by atoms with Gasteiger partial charge in [-0.25, -0.2) is 0 Å². The van der Waals surface area contributed by atoms with Crippen LogP contribution >= 0.6 is 0 Å². The second-order valence-electron chi connectivity index (χ2n) is 11.0. The van der Waals surface area contributed by atoms with Gasteiger partial charge in [-0.2, -0.15) is 9.13 Å². The van der Waals surface area contributed by atoms with Crippen LogP contribution in [0, 0.1) is 0 Å². The van der Waals surface area contributed by atoms with E-state index in [1.165, 1.54) is 77.4 Å². The Labute approximate surface area is 232 Å². The number of aromatic nitrogens is 2. The Kier molecular flexibility index (Phi) is 4.48. The van der Waals surface area contributed by atoms with Crippen LogP contribution in [0.15, 0.2) is 134 Å². The monoisotopic (exact) mass is 510 g/mol. The van der Waals surface area contributed by atoms with Gasteiger partial charge in [-0.15, -0.1) is 0 Å². The highest BCUT2D eigenvalue weighted by atomic mass is 15.1. The Morgan fingerprint density at radius 1 is 0.375 bits per heavy atom. The van der Waals surface area contributed by atoms with Gasteiger partial charge in [0.15, 0.2) is 12.4 Å². The smallest absolute Gasteiger partial charge is 0.158 e. The third kappa shape index (κ3) is 2.99. The van der Waals surface area contributed by atoms with Gasteiger partial charge in [-0.05, 0) is 73.8 Å². The van der Waals surface area contributed by atoms with E-state index in [1.807, 2.05) is 0 Å². The van der Waals surface area contributed by atoms with E-state index < -0.39 is 0 Å². The molecule has 0 radical (unpaired) electrons. The zero-order chi connectivity index (χ0) is 26.2. The van der Waals surface area contributed by atoms with Gasteiger partial charge >= 0.3 is 0 Å². The molecule has 0 spiro atoms. The fourth-order valence-corrected chi connectivity index (χ4v) is 7.11. The number of benzene rings is 5. The summed E-state index contributed by atoms with van der Waals surface area (Å²) in [6, 6.07) is 44.7. The van der Waals surface area contributed by atoms with E-state index in [9.17, 15) is 0 Å². The molecule has 0 saturated heterocycles. The number of rotatable bonds is 0. The van der Waals surface area contributed by atoms with E-state index in [2.05, 4.69) is 143 Å². The van der Waals surface area contributed by atoms with E-state index in [4.69, 9.17) is 0 Å². The SMILES string of the molecule is c1ccc2c(c1)C/C(=C1/Cc3cc4c5ccccc5c5ccccc5c4cc3-c3cccc[n+]31)[n+]1ccccc1-2. The summed E-state index contributed by atoms with van der Waals surface area (Å²) < 4.78 is 4.85. The molecule has 0 aliphatic carbocycles. The lowest BCUT2D eigenvalue weighted by atomic mass is 9.86. The van der Waals surface area contributed by atoms with E-state index in [-0.39, 0.29) is 0 Å². The van der Waals surface area contributed by atoms with Crippen molar-refractivity contribution >= 4 is 43.7 Å². The molecule has 0 amide bonds. The summed E-state index contributed by atoms with van der Waals surface area (Å²) in [4.78, 5) is 0. The van der Waals surface area contributed by atoms with E-state index in [0.29, 0.717) is 0 Å². The number of allylic oxidation sites excluding steroid dienone is 2. The van der Waals surface area contributed by atoms with Crippen molar-refractivity contribution in [1.29, 1.82) is 0 Å². The number of hydrogen-bond acceptors (Lipinski definition) is 0. The third-order valence-electron chi connectivity index (χ3n) is 8.89. The van der Waals surface area contributed by atoms with Crippen molar-refractivity contribution in [2.75, 3.05) is 0 Å². The Morgan fingerprint density at radius 3 is 1.50 bits per heavy atom. The molecule has 0 N–H and O–H groups in total. The quantitative estimate of drug-likeness (QED) is 0.144.